The Bertz CT molecular complexity index is 506. The van der Waals surface area contributed by atoms with Crippen molar-refractivity contribution in [2.45, 2.75) is 6.42 Å². The first-order chi connectivity index (χ1) is 9.58. The number of aromatic amines is 1. The van der Waals surface area contributed by atoms with Crippen LogP contribution in [0.5, 0.6) is 0 Å². The average Bonchev–Trinajstić information content (AvgIpc) is 2.47. The predicted molar refractivity (Wildman–Crippen MR) is 72.9 cm³/mol. The van der Waals surface area contributed by atoms with Crippen LogP contribution in [0.2, 0.25) is 0 Å². The minimum Gasteiger partial charge on any atom is -0.409 e. The molecule has 0 radical (unpaired) electrons. The van der Waals surface area contributed by atoms with Crippen LogP contribution in [-0.4, -0.2) is 53.6 Å². The van der Waals surface area contributed by atoms with Crippen LogP contribution in [0, 0.1) is 0 Å². The second-order valence-corrected chi connectivity index (χ2v) is 4.07. The number of pyridine rings is 1. The molecule has 20 heavy (non-hydrogen) atoms. The fourth-order valence-corrected chi connectivity index (χ4v) is 1.54. The Morgan fingerprint density at radius 3 is 2.80 bits per heavy atom. The summed E-state index contributed by atoms with van der Waals surface area (Å²) < 4.78 is 4.95. The molecule has 1 aromatic heterocycles. The van der Waals surface area contributed by atoms with Crippen LogP contribution in [0.3, 0.4) is 0 Å². The summed E-state index contributed by atoms with van der Waals surface area (Å²) in [5.41, 5.74) is 5.48. The fraction of sp³-hybridized carbons (Fsp3) is 0.417. The van der Waals surface area contributed by atoms with Crippen LogP contribution in [-0.2, 0) is 4.74 Å². The van der Waals surface area contributed by atoms with Crippen LogP contribution >= 0.6 is 0 Å². The van der Waals surface area contributed by atoms with Crippen molar-refractivity contribution in [3.8, 4) is 0 Å². The third-order valence-corrected chi connectivity index (χ3v) is 2.65. The molecule has 110 valence electrons. The number of aromatic nitrogens is 1. The number of amidine groups is 1. The Labute approximate surface area is 115 Å². The van der Waals surface area contributed by atoms with E-state index in [1.165, 1.54) is 30.3 Å². The zero-order valence-electron chi connectivity index (χ0n) is 11.2. The van der Waals surface area contributed by atoms with Crippen molar-refractivity contribution in [1.29, 1.82) is 0 Å². The summed E-state index contributed by atoms with van der Waals surface area (Å²) in [4.78, 5) is 27.2. The minimum absolute atomic E-state index is 0.0432. The van der Waals surface area contributed by atoms with E-state index in [9.17, 15) is 9.59 Å². The number of carbonyl (C=O) groups is 1. The zero-order chi connectivity index (χ0) is 15.0. The number of rotatable bonds is 7. The minimum atomic E-state index is -0.276. The van der Waals surface area contributed by atoms with Gasteiger partial charge in [0.05, 0.1) is 12.2 Å². The summed E-state index contributed by atoms with van der Waals surface area (Å²) in [6, 6.07) is 2.73. The monoisotopic (exact) mass is 282 g/mol. The van der Waals surface area contributed by atoms with Crippen LogP contribution in [0.1, 0.15) is 16.8 Å². The molecule has 4 N–H and O–H groups in total. The number of amides is 1. The van der Waals surface area contributed by atoms with Gasteiger partial charge < -0.3 is 25.6 Å². The van der Waals surface area contributed by atoms with Crippen LogP contribution in [0.15, 0.2) is 28.3 Å². The maximum atomic E-state index is 12.3. The molecular formula is C12H18N4O4. The van der Waals surface area contributed by atoms with Gasteiger partial charge in [-0.3, -0.25) is 9.59 Å². The van der Waals surface area contributed by atoms with Gasteiger partial charge in [-0.05, 0) is 6.07 Å². The van der Waals surface area contributed by atoms with E-state index < -0.39 is 0 Å². The normalized spacial score (nSPS) is 11.3. The highest BCUT2D eigenvalue weighted by atomic mass is 16.5. The summed E-state index contributed by atoms with van der Waals surface area (Å²) in [7, 11) is 1.53. The molecule has 0 saturated heterocycles. The van der Waals surface area contributed by atoms with Gasteiger partial charge in [0.15, 0.2) is 0 Å². The smallest absolute Gasteiger partial charge is 0.255 e. The van der Waals surface area contributed by atoms with Crippen molar-refractivity contribution < 1.29 is 14.7 Å². The number of hydrogen-bond acceptors (Lipinski definition) is 5. The summed E-state index contributed by atoms with van der Waals surface area (Å²) in [5, 5.41) is 11.4. The third-order valence-electron chi connectivity index (χ3n) is 2.65. The van der Waals surface area contributed by atoms with E-state index in [1.54, 1.807) is 0 Å². The first-order valence-electron chi connectivity index (χ1n) is 6.02. The van der Waals surface area contributed by atoms with E-state index in [4.69, 9.17) is 15.7 Å². The summed E-state index contributed by atoms with van der Waals surface area (Å²) in [5.74, 6) is -0.217. The second-order valence-electron chi connectivity index (χ2n) is 4.07. The van der Waals surface area contributed by atoms with E-state index in [-0.39, 0.29) is 30.3 Å². The Morgan fingerprint density at radius 1 is 1.50 bits per heavy atom. The molecule has 1 rings (SSSR count). The van der Waals surface area contributed by atoms with Gasteiger partial charge in [0.2, 0.25) is 5.56 Å². The quantitative estimate of drug-likeness (QED) is 0.272. The van der Waals surface area contributed by atoms with E-state index in [0.717, 1.165) is 0 Å². The lowest BCUT2D eigenvalue weighted by atomic mass is 10.2. The van der Waals surface area contributed by atoms with Crippen LogP contribution < -0.4 is 11.3 Å². The number of oxime groups is 1. The van der Waals surface area contributed by atoms with Gasteiger partial charge in [0, 0.05) is 38.9 Å². The van der Waals surface area contributed by atoms with Gasteiger partial charge in [0.1, 0.15) is 5.84 Å². The van der Waals surface area contributed by atoms with Gasteiger partial charge >= 0.3 is 0 Å². The van der Waals surface area contributed by atoms with Gasteiger partial charge in [-0.1, -0.05) is 5.16 Å². The highest BCUT2D eigenvalue weighted by molar-refractivity contribution is 5.94. The maximum absolute atomic E-state index is 12.3. The lowest BCUT2D eigenvalue weighted by molar-refractivity contribution is 0.0700. The lowest BCUT2D eigenvalue weighted by Gasteiger charge is -2.22. The number of hydrogen-bond donors (Lipinski definition) is 3. The van der Waals surface area contributed by atoms with Gasteiger partial charge in [-0.15, -0.1) is 0 Å². The molecule has 0 atom stereocenters. The third kappa shape index (κ3) is 4.73. The Kier molecular flexibility index (Phi) is 6.24. The molecule has 0 unspecified atom stereocenters. The molecule has 0 aromatic carbocycles. The van der Waals surface area contributed by atoms with E-state index in [1.807, 2.05) is 0 Å². The molecule has 0 aliphatic heterocycles. The molecule has 1 heterocycles. The molecular weight excluding hydrogens is 264 g/mol. The largest absolute Gasteiger partial charge is 0.409 e. The molecule has 8 heteroatoms. The van der Waals surface area contributed by atoms with Crippen molar-refractivity contribution in [1.82, 2.24) is 9.88 Å². The summed E-state index contributed by atoms with van der Waals surface area (Å²) in [6.45, 7) is 1.02. The molecule has 1 amide bonds. The molecule has 0 aliphatic carbocycles. The second kappa shape index (κ2) is 7.95. The average molecular weight is 282 g/mol. The topological polar surface area (TPSA) is 121 Å². The molecule has 1 aromatic rings. The van der Waals surface area contributed by atoms with Crippen molar-refractivity contribution in [3.05, 3.63) is 34.2 Å². The highest BCUT2D eigenvalue weighted by Crippen LogP contribution is 2.03. The Hall–Kier alpha value is -2.35. The highest BCUT2D eigenvalue weighted by Gasteiger charge is 2.16. The molecule has 8 nitrogen and oxygen atoms in total. The van der Waals surface area contributed by atoms with E-state index in [0.29, 0.717) is 18.7 Å². The first kappa shape index (κ1) is 15.7. The van der Waals surface area contributed by atoms with Crippen molar-refractivity contribution in [3.63, 3.8) is 0 Å². The zero-order valence-corrected chi connectivity index (χ0v) is 11.2. The molecule has 0 saturated carbocycles. The lowest BCUT2D eigenvalue weighted by Crippen LogP contribution is -2.36. The van der Waals surface area contributed by atoms with E-state index in [2.05, 4.69) is 10.1 Å². The standard InChI is InChI=1S/C12H18N4O4/c1-20-7-6-16(5-4-10(13)15-19)12(18)9-2-3-11(17)14-8-9/h2-3,8,19H,4-7H2,1H3,(H2,13,15)(H,14,17). The summed E-state index contributed by atoms with van der Waals surface area (Å²) >= 11 is 0. The van der Waals surface area contributed by atoms with Gasteiger partial charge in [-0.25, -0.2) is 0 Å². The van der Waals surface area contributed by atoms with Crippen LogP contribution in [0.4, 0.5) is 0 Å². The van der Waals surface area contributed by atoms with E-state index >= 15 is 0 Å². The van der Waals surface area contributed by atoms with Gasteiger partial charge in [-0.2, -0.15) is 0 Å². The SMILES string of the molecule is COCCN(CC/C(N)=N/O)C(=O)c1ccc(=O)[nH]c1. The number of nitrogens with one attached hydrogen (secondary N) is 1. The van der Waals surface area contributed by atoms with Crippen LogP contribution in [0.25, 0.3) is 0 Å². The number of nitrogens with zero attached hydrogens (tertiary/aromatic N) is 2. The Morgan fingerprint density at radius 2 is 2.25 bits per heavy atom. The Balaban J connectivity index is 2.77. The molecule has 0 aliphatic rings. The maximum Gasteiger partial charge on any atom is 0.255 e. The first-order valence-corrected chi connectivity index (χ1v) is 6.02. The number of methoxy groups -OCH3 is 1. The van der Waals surface area contributed by atoms with Crippen molar-refractivity contribution in [2.24, 2.45) is 10.9 Å². The summed E-state index contributed by atoms with van der Waals surface area (Å²) in [6.07, 6.45) is 1.60. The van der Waals surface area contributed by atoms with Crippen molar-refractivity contribution in [2.75, 3.05) is 26.8 Å². The fourth-order valence-electron chi connectivity index (χ4n) is 1.54. The molecule has 0 spiro atoms. The number of ether oxygens (including phenoxy) is 1. The van der Waals surface area contributed by atoms with Gasteiger partial charge in [0.25, 0.3) is 5.91 Å². The van der Waals surface area contributed by atoms with Crippen molar-refractivity contribution >= 4 is 11.7 Å². The predicted octanol–water partition coefficient (Wildman–Crippen LogP) is -0.400. The number of nitrogens with two attached hydrogens (primary N) is 1. The molecule has 0 fully saturated rings. The number of carbonyl (C=O) groups excluding carboxylic acids is 1. The number of H-pyrrole nitrogens is 1. The molecule has 0 bridgehead atoms.